The van der Waals surface area contributed by atoms with Gasteiger partial charge in [0, 0.05) is 19.8 Å². The number of nitrogens with one attached hydrogen (secondary N) is 1. The minimum absolute atomic E-state index is 0.309. The highest BCUT2D eigenvalue weighted by molar-refractivity contribution is 4.65. The average molecular weight is 203 g/mol. The van der Waals surface area contributed by atoms with Gasteiger partial charge in [-0.1, -0.05) is 6.92 Å². The molecule has 0 rings (SSSR count). The van der Waals surface area contributed by atoms with Crippen molar-refractivity contribution in [2.24, 2.45) is 0 Å². The van der Waals surface area contributed by atoms with Gasteiger partial charge in [0.1, 0.15) is 0 Å². The van der Waals surface area contributed by atoms with E-state index in [1.165, 1.54) is 0 Å². The third-order valence-corrected chi connectivity index (χ3v) is 1.98. The summed E-state index contributed by atoms with van der Waals surface area (Å²) in [7, 11) is 1.74. The fourth-order valence-corrected chi connectivity index (χ4v) is 1.16. The Morgan fingerprint density at radius 3 is 2.50 bits per heavy atom. The van der Waals surface area contributed by atoms with Crippen molar-refractivity contribution in [3.05, 3.63) is 0 Å². The predicted molar refractivity (Wildman–Crippen MR) is 59.7 cm³/mol. The number of hydrogen-bond acceptors (Lipinski definition) is 3. The van der Waals surface area contributed by atoms with Crippen molar-refractivity contribution in [3.8, 4) is 0 Å². The van der Waals surface area contributed by atoms with Crippen LogP contribution in [0.3, 0.4) is 0 Å². The molecule has 0 radical (unpaired) electrons. The molecule has 0 aromatic heterocycles. The van der Waals surface area contributed by atoms with Crippen LogP contribution in [0.4, 0.5) is 0 Å². The molecular formula is C11H25NO2. The summed E-state index contributed by atoms with van der Waals surface area (Å²) in [5, 5.41) is 3.45. The highest BCUT2D eigenvalue weighted by Gasteiger charge is 2.08. The third-order valence-electron chi connectivity index (χ3n) is 1.98. The molecule has 86 valence electrons. The molecule has 1 unspecified atom stereocenters. The molecule has 14 heavy (non-hydrogen) atoms. The van der Waals surface area contributed by atoms with Gasteiger partial charge in [-0.05, 0) is 33.2 Å². The fourth-order valence-electron chi connectivity index (χ4n) is 1.16. The molecule has 0 aromatic carbocycles. The van der Waals surface area contributed by atoms with Crippen molar-refractivity contribution in [3.63, 3.8) is 0 Å². The van der Waals surface area contributed by atoms with Crippen LogP contribution in [-0.2, 0) is 9.47 Å². The lowest BCUT2D eigenvalue weighted by atomic mass is 10.2. The van der Waals surface area contributed by atoms with Gasteiger partial charge in [0.05, 0.1) is 12.7 Å². The summed E-state index contributed by atoms with van der Waals surface area (Å²) in [5.74, 6) is 0. The van der Waals surface area contributed by atoms with E-state index < -0.39 is 0 Å². The Balaban J connectivity index is 3.60. The quantitative estimate of drug-likeness (QED) is 0.620. The van der Waals surface area contributed by atoms with Gasteiger partial charge in [0.25, 0.3) is 0 Å². The zero-order chi connectivity index (χ0) is 10.8. The van der Waals surface area contributed by atoms with E-state index in [0.29, 0.717) is 12.1 Å². The maximum atomic E-state index is 5.58. The number of hydrogen-bond donors (Lipinski definition) is 1. The second kappa shape index (κ2) is 9.44. The maximum Gasteiger partial charge on any atom is 0.0623 e. The van der Waals surface area contributed by atoms with E-state index in [9.17, 15) is 0 Å². The van der Waals surface area contributed by atoms with Gasteiger partial charge in [0.15, 0.2) is 0 Å². The van der Waals surface area contributed by atoms with E-state index >= 15 is 0 Å². The minimum atomic E-state index is 0.309. The first-order valence-electron chi connectivity index (χ1n) is 5.54. The molecule has 1 N–H and O–H groups in total. The normalized spacial score (nSPS) is 13.5. The zero-order valence-corrected chi connectivity index (χ0v) is 10.0. The van der Waals surface area contributed by atoms with Crippen molar-refractivity contribution in [1.29, 1.82) is 0 Å². The molecule has 0 aromatic rings. The number of methoxy groups -OCH3 is 1. The van der Waals surface area contributed by atoms with Crippen LogP contribution in [-0.4, -0.2) is 39.0 Å². The molecule has 0 fully saturated rings. The topological polar surface area (TPSA) is 30.5 Å². The van der Waals surface area contributed by atoms with E-state index in [1.54, 1.807) is 7.11 Å². The highest BCUT2D eigenvalue weighted by atomic mass is 16.5. The fraction of sp³-hybridized carbons (Fsp3) is 1.00. The van der Waals surface area contributed by atoms with Crippen LogP contribution in [0.25, 0.3) is 0 Å². The molecular weight excluding hydrogens is 178 g/mol. The number of rotatable bonds is 9. The summed E-state index contributed by atoms with van der Waals surface area (Å²) >= 11 is 0. The summed E-state index contributed by atoms with van der Waals surface area (Å²) in [5.41, 5.74) is 0. The molecule has 0 aliphatic heterocycles. The number of ether oxygens (including phenoxy) is 2. The molecule has 0 amide bonds. The van der Waals surface area contributed by atoms with E-state index in [1.807, 2.05) is 0 Å². The Labute approximate surface area is 88.2 Å². The van der Waals surface area contributed by atoms with Crippen molar-refractivity contribution < 1.29 is 9.47 Å². The Hall–Kier alpha value is -0.120. The molecule has 1 atom stereocenters. The van der Waals surface area contributed by atoms with Gasteiger partial charge < -0.3 is 14.8 Å². The summed E-state index contributed by atoms with van der Waals surface area (Å²) < 4.78 is 10.6. The van der Waals surface area contributed by atoms with E-state index in [2.05, 4.69) is 26.1 Å². The summed E-state index contributed by atoms with van der Waals surface area (Å²) in [6.07, 6.45) is 2.48. The lowest BCUT2D eigenvalue weighted by Crippen LogP contribution is -2.35. The van der Waals surface area contributed by atoms with Crippen LogP contribution in [0.2, 0.25) is 0 Å². The van der Waals surface area contributed by atoms with Gasteiger partial charge in [-0.15, -0.1) is 0 Å². The van der Waals surface area contributed by atoms with Crippen LogP contribution < -0.4 is 5.32 Å². The minimum Gasteiger partial charge on any atom is -0.385 e. The molecule has 0 heterocycles. The van der Waals surface area contributed by atoms with Gasteiger partial charge in [0.2, 0.25) is 0 Å². The molecule has 0 saturated carbocycles. The maximum absolute atomic E-state index is 5.58. The Bertz CT molecular complexity index is 110. The molecule has 0 aliphatic carbocycles. The van der Waals surface area contributed by atoms with Crippen LogP contribution in [0, 0.1) is 0 Å². The first-order valence-corrected chi connectivity index (χ1v) is 5.54. The van der Waals surface area contributed by atoms with Gasteiger partial charge in [-0.3, -0.25) is 0 Å². The van der Waals surface area contributed by atoms with E-state index in [-0.39, 0.29) is 0 Å². The molecule has 0 bridgehead atoms. The van der Waals surface area contributed by atoms with Crippen LogP contribution in [0.5, 0.6) is 0 Å². The van der Waals surface area contributed by atoms with Crippen molar-refractivity contribution in [1.82, 2.24) is 5.32 Å². The van der Waals surface area contributed by atoms with E-state index in [4.69, 9.17) is 9.47 Å². The summed E-state index contributed by atoms with van der Waals surface area (Å²) in [6.45, 7) is 8.92. The Morgan fingerprint density at radius 1 is 1.29 bits per heavy atom. The smallest absolute Gasteiger partial charge is 0.0623 e. The van der Waals surface area contributed by atoms with E-state index in [0.717, 1.165) is 32.6 Å². The predicted octanol–water partition coefficient (Wildman–Crippen LogP) is 1.82. The van der Waals surface area contributed by atoms with Gasteiger partial charge in [-0.2, -0.15) is 0 Å². The van der Waals surface area contributed by atoms with Gasteiger partial charge >= 0.3 is 0 Å². The third kappa shape index (κ3) is 8.48. The lowest BCUT2D eigenvalue weighted by molar-refractivity contribution is 0.0529. The van der Waals surface area contributed by atoms with Crippen molar-refractivity contribution in [2.45, 2.75) is 45.8 Å². The molecule has 0 aliphatic rings. The van der Waals surface area contributed by atoms with Crippen LogP contribution >= 0.6 is 0 Å². The average Bonchev–Trinajstić information content (AvgIpc) is 2.16. The summed E-state index contributed by atoms with van der Waals surface area (Å²) in [6, 6.07) is 0.428. The highest BCUT2D eigenvalue weighted by Crippen LogP contribution is 1.97. The lowest BCUT2D eigenvalue weighted by Gasteiger charge is -2.19. The van der Waals surface area contributed by atoms with Crippen LogP contribution in [0.15, 0.2) is 0 Å². The molecule has 3 heteroatoms. The first kappa shape index (κ1) is 13.9. The Morgan fingerprint density at radius 2 is 2.00 bits per heavy atom. The molecule has 0 saturated heterocycles. The van der Waals surface area contributed by atoms with Crippen molar-refractivity contribution >= 4 is 0 Å². The SMILES string of the molecule is CCCNC(CCOC)COC(C)C. The molecule has 0 spiro atoms. The monoisotopic (exact) mass is 203 g/mol. The van der Waals surface area contributed by atoms with Gasteiger partial charge in [-0.25, -0.2) is 0 Å². The zero-order valence-electron chi connectivity index (χ0n) is 10.0. The molecule has 3 nitrogen and oxygen atoms in total. The second-order valence-corrected chi connectivity index (χ2v) is 3.81. The standard InChI is InChI=1S/C11H25NO2/c1-5-7-12-11(6-8-13-4)9-14-10(2)3/h10-12H,5-9H2,1-4H3. The second-order valence-electron chi connectivity index (χ2n) is 3.81. The van der Waals surface area contributed by atoms with Crippen LogP contribution in [0.1, 0.15) is 33.6 Å². The summed E-state index contributed by atoms with van der Waals surface area (Å²) in [4.78, 5) is 0. The largest absolute Gasteiger partial charge is 0.385 e. The Kier molecular flexibility index (Phi) is 9.35. The van der Waals surface area contributed by atoms with Crippen molar-refractivity contribution in [2.75, 3.05) is 26.9 Å². The first-order chi connectivity index (χ1) is 6.70.